The molecule has 0 amide bonds. The summed E-state index contributed by atoms with van der Waals surface area (Å²) in [6.07, 6.45) is 1.69. The van der Waals surface area contributed by atoms with E-state index < -0.39 is 105 Å². The summed E-state index contributed by atoms with van der Waals surface area (Å²) in [5.74, 6) is -14.5. The predicted molar refractivity (Wildman–Crippen MR) is 129 cm³/mol. The van der Waals surface area contributed by atoms with Crippen LogP contribution in [0.25, 0.3) is 44.8 Å². The summed E-state index contributed by atoms with van der Waals surface area (Å²) in [5.41, 5.74) is -7.17. The van der Waals surface area contributed by atoms with E-state index in [-0.39, 0.29) is 11.1 Å². The van der Waals surface area contributed by atoms with Gasteiger partial charge in [0.25, 0.3) is 0 Å². The van der Waals surface area contributed by atoms with Crippen LogP contribution >= 0.6 is 0 Å². The van der Waals surface area contributed by atoms with Gasteiger partial charge in [-0.25, -0.2) is 35.1 Å². The number of aromatic nitrogens is 6. The summed E-state index contributed by atoms with van der Waals surface area (Å²) in [6.45, 7) is -1.04. The molecule has 0 saturated carbocycles. The van der Waals surface area contributed by atoms with Crippen LogP contribution in [0.3, 0.4) is 0 Å². The second kappa shape index (κ2) is 11.3. The number of hydrogen-bond acceptors (Lipinski definition) is 6. The van der Waals surface area contributed by atoms with Crippen molar-refractivity contribution in [1.82, 2.24) is 30.8 Å². The first-order valence-electron chi connectivity index (χ1n) is 11.7. The number of hydrogen-bond donors (Lipinski definition) is 2. The Hall–Kier alpha value is -4.70. The van der Waals surface area contributed by atoms with Crippen molar-refractivity contribution in [3.8, 4) is 44.8 Å². The molecule has 0 radical (unpaired) electrons. The third-order valence-electron chi connectivity index (χ3n) is 6.34. The number of benzene rings is 3. The van der Waals surface area contributed by atoms with Crippen molar-refractivity contribution in [2.75, 3.05) is 14.2 Å². The summed E-state index contributed by atoms with van der Waals surface area (Å²) in [4.78, 5) is 0. The Morgan fingerprint density at radius 3 is 1.10 bits per heavy atom. The number of rotatable bonds is 8. The van der Waals surface area contributed by atoms with E-state index in [9.17, 15) is 0 Å². The highest BCUT2D eigenvalue weighted by Gasteiger charge is 2.33. The molecule has 16 heteroatoms. The Bertz CT molecular complexity index is 1610. The highest BCUT2D eigenvalue weighted by atomic mass is 19.2. The lowest BCUT2D eigenvalue weighted by molar-refractivity contribution is 0.183. The molecule has 0 aliphatic carbocycles. The lowest BCUT2D eigenvalue weighted by Gasteiger charge is -2.20. The zero-order chi connectivity index (χ0) is 30.3. The molecule has 0 saturated heterocycles. The fourth-order valence-electron chi connectivity index (χ4n) is 4.53. The minimum Gasteiger partial charge on any atom is -0.380 e. The second-order valence-electron chi connectivity index (χ2n) is 8.75. The van der Waals surface area contributed by atoms with Crippen molar-refractivity contribution in [2.45, 2.75) is 13.2 Å². The normalized spacial score (nSPS) is 11.5. The largest absolute Gasteiger partial charge is 0.380 e. The number of methoxy groups -OCH3 is 2. The van der Waals surface area contributed by atoms with E-state index in [0.29, 0.717) is 0 Å². The molecule has 0 aliphatic rings. The van der Waals surface area contributed by atoms with Gasteiger partial charge >= 0.3 is 0 Å². The molecule has 0 spiro atoms. The molecule has 0 aliphatic heterocycles. The molecule has 5 rings (SSSR count). The van der Waals surface area contributed by atoms with Gasteiger partial charge in [-0.05, 0) is 34.4 Å². The average molecular weight is 596 g/mol. The molecular formula is C26H16F8N6O2. The minimum atomic E-state index is -1.83. The third kappa shape index (κ3) is 4.57. The van der Waals surface area contributed by atoms with Gasteiger partial charge in [-0.15, -0.1) is 0 Å². The molecule has 0 bridgehead atoms. The van der Waals surface area contributed by atoms with Crippen LogP contribution in [-0.4, -0.2) is 45.0 Å². The maximum atomic E-state index is 15.4. The monoisotopic (exact) mass is 596 g/mol. The first-order chi connectivity index (χ1) is 20.1. The SMILES string of the molecule is COCc1cc(-c2c(F)c(F)c(-c3cn[nH]n3)c(F)c2F)c(COC)cc1-c1c(F)c(F)c(-c2cn[nH]n2)c(F)c1F. The molecule has 0 atom stereocenters. The Labute approximate surface area is 230 Å². The molecule has 2 heterocycles. The first-order valence-corrected chi connectivity index (χ1v) is 11.7. The fraction of sp³-hybridized carbons (Fsp3) is 0.154. The van der Waals surface area contributed by atoms with Crippen molar-refractivity contribution < 1.29 is 44.6 Å². The molecule has 218 valence electrons. The van der Waals surface area contributed by atoms with Crippen LogP contribution in [0.5, 0.6) is 0 Å². The smallest absolute Gasteiger partial charge is 0.172 e. The van der Waals surface area contributed by atoms with E-state index in [2.05, 4.69) is 20.4 Å². The number of nitrogens with one attached hydrogen (secondary N) is 2. The Kier molecular flexibility index (Phi) is 7.74. The number of halogens is 8. The highest BCUT2D eigenvalue weighted by Crippen LogP contribution is 2.42. The van der Waals surface area contributed by atoms with Crippen LogP contribution in [0.15, 0.2) is 24.5 Å². The van der Waals surface area contributed by atoms with Crippen molar-refractivity contribution in [1.29, 1.82) is 0 Å². The number of H-pyrrole nitrogens is 2. The van der Waals surface area contributed by atoms with Crippen LogP contribution in [0, 0.1) is 46.5 Å². The van der Waals surface area contributed by atoms with Crippen LogP contribution < -0.4 is 0 Å². The number of ether oxygens (including phenoxy) is 2. The highest BCUT2D eigenvalue weighted by molar-refractivity contribution is 5.80. The Balaban J connectivity index is 1.80. The van der Waals surface area contributed by atoms with E-state index in [1.807, 2.05) is 10.4 Å². The van der Waals surface area contributed by atoms with Gasteiger partial charge in [0.1, 0.15) is 11.4 Å². The Morgan fingerprint density at radius 1 is 0.524 bits per heavy atom. The van der Waals surface area contributed by atoms with Crippen molar-refractivity contribution in [3.63, 3.8) is 0 Å². The van der Waals surface area contributed by atoms with Gasteiger partial charge in [0, 0.05) is 14.2 Å². The van der Waals surface area contributed by atoms with Gasteiger partial charge in [-0.2, -0.15) is 30.8 Å². The molecule has 0 fully saturated rings. The lowest BCUT2D eigenvalue weighted by atomic mass is 9.88. The molecule has 42 heavy (non-hydrogen) atoms. The molecule has 0 unspecified atom stereocenters. The zero-order valence-electron chi connectivity index (χ0n) is 21.4. The van der Waals surface area contributed by atoms with E-state index in [1.165, 1.54) is 0 Å². The third-order valence-corrected chi connectivity index (χ3v) is 6.34. The summed E-state index contributed by atoms with van der Waals surface area (Å²) in [7, 11) is 2.31. The van der Waals surface area contributed by atoms with Crippen LogP contribution in [-0.2, 0) is 22.7 Å². The van der Waals surface area contributed by atoms with E-state index in [4.69, 9.17) is 9.47 Å². The molecular weight excluding hydrogens is 580 g/mol. The van der Waals surface area contributed by atoms with E-state index >= 15 is 35.1 Å². The van der Waals surface area contributed by atoms with E-state index in [0.717, 1.165) is 38.7 Å². The first kappa shape index (κ1) is 28.8. The maximum Gasteiger partial charge on any atom is 0.172 e. The fourth-order valence-corrected chi connectivity index (χ4v) is 4.53. The summed E-state index contributed by atoms with van der Waals surface area (Å²) in [5, 5.41) is 17.8. The maximum absolute atomic E-state index is 15.4. The lowest BCUT2D eigenvalue weighted by Crippen LogP contribution is -2.09. The van der Waals surface area contributed by atoms with Crippen LogP contribution in [0.2, 0.25) is 0 Å². The molecule has 2 N–H and O–H groups in total. The topological polar surface area (TPSA) is 102 Å². The summed E-state index contributed by atoms with van der Waals surface area (Å²) in [6, 6.07) is 1.84. The minimum absolute atomic E-state index is 0.252. The van der Waals surface area contributed by atoms with Crippen molar-refractivity contribution in [2.24, 2.45) is 0 Å². The van der Waals surface area contributed by atoms with Gasteiger partial charge in [0.15, 0.2) is 46.5 Å². The predicted octanol–water partition coefficient (Wildman–Crippen LogP) is 6.00. The summed E-state index contributed by atoms with van der Waals surface area (Å²) < 4.78 is 132. The molecule has 2 aromatic heterocycles. The summed E-state index contributed by atoms with van der Waals surface area (Å²) >= 11 is 0. The number of nitrogens with zero attached hydrogens (tertiary/aromatic N) is 4. The molecule has 8 nitrogen and oxygen atoms in total. The van der Waals surface area contributed by atoms with Crippen LogP contribution in [0.4, 0.5) is 35.1 Å². The number of aromatic amines is 2. The van der Waals surface area contributed by atoms with Gasteiger partial charge in [-0.1, -0.05) is 0 Å². The quantitative estimate of drug-likeness (QED) is 0.169. The van der Waals surface area contributed by atoms with Crippen molar-refractivity contribution >= 4 is 0 Å². The second-order valence-corrected chi connectivity index (χ2v) is 8.75. The van der Waals surface area contributed by atoms with Gasteiger partial charge < -0.3 is 9.47 Å². The molecule has 3 aromatic carbocycles. The zero-order valence-corrected chi connectivity index (χ0v) is 21.4. The molecule has 5 aromatic rings. The van der Waals surface area contributed by atoms with Crippen molar-refractivity contribution in [3.05, 3.63) is 82.2 Å². The van der Waals surface area contributed by atoms with Gasteiger partial charge in [-0.3, -0.25) is 0 Å². The average Bonchev–Trinajstić information content (AvgIpc) is 3.69. The van der Waals surface area contributed by atoms with Gasteiger partial charge in [0.2, 0.25) is 0 Å². The van der Waals surface area contributed by atoms with Crippen LogP contribution in [0.1, 0.15) is 11.1 Å². The Morgan fingerprint density at radius 2 is 0.833 bits per heavy atom. The standard InChI is InChI=1S/C26H16F8N6O2/c1-41-7-9-3-12(16-21(29)25(33)18(26(34)22(16)30)14-6-36-40-38-14)10(8-42-2)4-11(9)15-19(27)23(31)17(24(32)20(15)28)13-5-35-39-37-13/h3-6H,7-8H2,1-2H3,(H,35,37,39)(H,36,38,40). The van der Waals surface area contributed by atoms with E-state index in [1.54, 1.807) is 0 Å². The van der Waals surface area contributed by atoms with Gasteiger partial charge in [0.05, 0.1) is 47.9 Å².